The molecule has 130 valence electrons. The van der Waals surface area contributed by atoms with Crippen molar-refractivity contribution in [2.45, 2.75) is 17.4 Å². The van der Waals surface area contributed by atoms with Gasteiger partial charge in [-0.25, -0.2) is 12.7 Å². The minimum atomic E-state index is -3.53. The van der Waals surface area contributed by atoms with E-state index in [9.17, 15) is 13.2 Å². The van der Waals surface area contributed by atoms with Crippen LogP contribution in [0.5, 0.6) is 0 Å². The smallest absolute Gasteiger partial charge is 0.253 e. The Morgan fingerprint density at radius 1 is 1.30 bits per heavy atom. The second kappa shape index (κ2) is 7.94. The molecule has 1 aliphatic rings. The van der Waals surface area contributed by atoms with Crippen LogP contribution in [0, 0.1) is 0 Å². The first-order valence-corrected chi connectivity index (χ1v) is 9.18. The molecule has 0 saturated carbocycles. The highest BCUT2D eigenvalue weighted by molar-refractivity contribution is 9.10. The van der Waals surface area contributed by atoms with Gasteiger partial charge in [0.25, 0.3) is 5.91 Å². The van der Waals surface area contributed by atoms with Gasteiger partial charge in [-0.15, -0.1) is 12.4 Å². The summed E-state index contributed by atoms with van der Waals surface area (Å²) in [5.74, 6) is -0.108. The Bertz CT molecular complexity index is 676. The first-order chi connectivity index (χ1) is 10.2. The van der Waals surface area contributed by atoms with Crippen molar-refractivity contribution in [3.05, 3.63) is 28.2 Å². The van der Waals surface area contributed by atoms with Gasteiger partial charge in [0, 0.05) is 43.8 Å². The minimum Gasteiger partial charge on any atom is -0.337 e. The van der Waals surface area contributed by atoms with Crippen molar-refractivity contribution >= 4 is 44.3 Å². The van der Waals surface area contributed by atoms with Crippen LogP contribution in [0.3, 0.4) is 0 Å². The van der Waals surface area contributed by atoms with E-state index in [2.05, 4.69) is 21.2 Å². The summed E-state index contributed by atoms with van der Waals surface area (Å²) in [5.41, 5.74) is 0.471. The molecule has 0 aliphatic carbocycles. The highest BCUT2D eigenvalue weighted by atomic mass is 79.9. The fourth-order valence-electron chi connectivity index (χ4n) is 2.38. The third kappa shape index (κ3) is 4.24. The summed E-state index contributed by atoms with van der Waals surface area (Å²) in [4.78, 5) is 14.4. The zero-order valence-electron chi connectivity index (χ0n) is 13.2. The normalized spacial score (nSPS) is 17.9. The molecule has 1 aromatic carbocycles. The van der Waals surface area contributed by atoms with Crippen LogP contribution >= 0.6 is 28.3 Å². The van der Waals surface area contributed by atoms with Crippen molar-refractivity contribution in [1.82, 2.24) is 14.5 Å². The highest BCUT2D eigenvalue weighted by Crippen LogP contribution is 2.26. The van der Waals surface area contributed by atoms with Crippen LogP contribution in [0.2, 0.25) is 0 Å². The largest absolute Gasteiger partial charge is 0.337 e. The summed E-state index contributed by atoms with van der Waals surface area (Å²) in [6.07, 6.45) is 0.927. The molecule has 0 radical (unpaired) electrons. The number of nitrogens with one attached hydrogen (secondary N) is 1. The Hall–Kier alpha value is -0.670. The van der Waals surface area contributed by atoms with Gasteiger partial charge in [-0.05, 0) is 47.1 Å². The fraction of sp³-hybridized carbons (Fsp3) is 0.500. The van der Waals surface area contributed by atoms with Gasteiger partial charge < -0.3 is 10.2 Å². The predicted molar refractivity (Wildman–Crippen MR) is 95.6 cm³/mol. The second-order valence-corrected chi connectivity index (χ2v) is 8.47. The Morgan fingerprint density at radius 3 is 2.43 bits per heavy atom. The molecule has 0 spiro atoms. The molecular formula is C14H21BrClN3O3S. The predicted octanol–water partition coefficient (Wildman–Crippen LogP) is 1.56. The standard InChI is InChI=1S/C14H20BrN3O3S.ClH/c1-17(2)22(20,21)13-5-4-10(8-12(13)15)14(19)18(3)11-6-7-16-9-11;/h4-5,8,11,16H,6-7,9H2,1-3H3;1H. The monoisotopic (exact) mass is 425 g/mol. The van der Waals surface area contributed by atoms with E-state index in [4.69, 9.17) is 0 Å². The van der Waals surface area contributed by atoms with Gasteiger partial charge in [-0.2, -0.15) is 0 Å². The quantitative estimate of drug-likeness (QED) is 0.793. The molecular weight excluding hydrogens is 406 g/mol. The van der Waals surface area contributed by atoms with Gasteiger partial charge >= 0.3 is 0 Å². The first kappa shape index (κ1) is 20.4. The van der Waals surface area contributed by atoms with Crippen LogP contribution in [0.25, 0.3) is 0 Å². The molecule has 1 saturated heterocycles. The number of hydrogen-bond donors (Lipinski definition) is 1. The van der Waals surface area contributed by atoms with Gasteiger partial charge in [0.15, 0.2) is 0 Å². The lowest BCUT2D eigenvalue weighted by Crippen LogP contribution is -2.38. The maximum Gasteiger partial charge on any atom is 0.253 e. The lowest BCUT2D eigenvalue weighted by atomic mass is 10.1. The molecule has 9 heteroatoms. The van der Waals surface area contributed by atoms with Crippen molar-refractivity contribution in [2.24, 2.45) is 0 Å². The van der Waals surface area contributed by atoms with Gasteiger partial charge in [-0.1, -0.05) is 0 Å². The number of carbonyl (C=O) groups is 1. The van der Waals surface area contributed by atoms with Gasteiger partial charge in [0.05, 0.1) is 4.90 Å². The van der Waals surface area contributed by atoms with E-state index in [1.165, 1.54) is 20.2 Å². The topological polar surface area (TPSA) is 69.7 Å². The highest BCUT2D eigenvalue weighted by Gasteiger charge is 2.26. The minimum absolute atomic E-state index is 0. The maximum absolute atomic E-state index is 12.5. The van der Waals surface area contributed by atoms with Crippen molar-refractivity contribution in [2.75, 3.05) is 34.2 Å². The molecule has 6 nitrogen and oxygen atoms in total. The number of rotatable bonds is 4. The third-order valence-electron chi connectivity index (χ3n) is 3.84. The molecule has 1 aromatic rings. The number of halogens is 2. The summed E-state index contributed by atoms with van der Waals surface area (Å²) >= 11 is 3.26. The molecule has 1 fully saturated rings. The Morgan fingerprint density at radius 2 is 1.96 bits per heavy atom. The first-order valence-electron chi connectivity index (χ1n) is 6.95. The Labute approximate surface area is 151 Å². The zero-order chi connectivity index (χ0) is 16.5. The van der Waals surface area contributed by atoms with Crippen molar-refractivity contribution in [1.29, 1.82) is 0 Å². The van der Waals surface area contributed by atoms with Gasteiger partial charge in [0.1, 0.15) is 0 Å². The summed E-state index contributed by atoms with van der Waals surface area (Å²) in [7, 11) is 1.19. The van der Waals surface area contributed by atoms with Gasteiger partial charge in [0.2, 0.25) is 10.0 Å². The van der Waals surface area contributed by atoms with E-state index in [1.54, 1.807) is 24.1 Å². The van der Waals surface area contributed by atoms with Crippen LogP contribution in [0.4, 0.5) is 0 Å². The molecule has 0 bridgehead atoms. The van der Waals surface area contributed by atoms with E-state index in [0.717, 1.165) is 23.8 Å². The van der Waals surface area contributed by atoms with Crippen LogP contribution in [-0.2, 0) is 10.0 Å². The molecule has 1 unspecified atom stereocenters. The average Bonchev–Trinajstić information content (AvgIpc) is 2.99. The lowest BCUT2D eigenvalue weighted by molar-refractivity contribution is 0.0743. The van der Waals surface area contributed by atoms with E-state index >= 15 is 0 Å². The number of nitrogens with zero attached hydrogens (tertiary/aromatic N) is 2. The summed E-state index contributed by atoms with van der Waals surface area (Å²) in [6, 6.07) is 4.77. The molecule has 23 heavy (non-hydrogen) atoms. The Balaban J connectivity index is 0.00000264. The number of carbonyl (C=O) groups excluding carboxylic acids is 1. The summed E-state index contributed by atoms with van der Waals surface area (Å²) < 4.78 is 25.9. The second-order valence-electron chi connectivity index (χ2n) is 5.50. The Kier molecular flexibility index (Phi) is 7.03. The van der Waals surface area contributed by atoms with E-state index in [0.29, 0.717) is 10.0 Å². The number of likely N-dealkylation sites (N-methyl/N-ethyl adjacent to an activating group) is 1. The van der Waals surface area contributed by atoms with Crippen LogP contribution in [-0.4, -0.2) is 63.8 Å². The number of benzene rings is 1. The fourth-order valence-corrected chi connectivity index (χ4v) is 4.31. The zero-order valence-corrected chi connectivity index (χ0v) is 16.5. The van der Waals surface area contributed by atoms with Crippen molar-refractivity contribution in [3.63, 3.8) is 0 Å². The average molecular weight is 427 g/mol. The molecule has 0 aromatic heterocycles. The molecule has 2 rings (SSSR count). The van der Waals surface area contributed by atoms with E-state index < -0.39 is 10.0 Å². The number of amides is 1. The number of hydrogen-bond acceptors (Lipinski definition) is 4. The van der Waals surface area contributed by atoms with Crippen LogP contribution < -0.4 is 5.32 Å². The SMILES string of the molecule is CN(C(=O)c1ccc(S(=O)(=O)N(C)C)c(Br)c1)C1CCNC1.Cl. The molecule has 1 heterocycles. The summed E-state index contributed by atoms with van der Waals surface area (Å²) in [5, 5.41) is 3.22. The van der Waals surface area contributed by atoms with Crippen LogP contribution in [0.15, 0.2) is 27.6 Å². The van der Waals surface area contributed by atoms with E-state index in [1.807, 2.05) is 0 Å². The summed E-state index contributed by atoms with van der Waals surface area (Å²) in [6.45, 7) is 1.70. The lowest BCUT2D eigenvalue weighted by Gasteiger charge is -2.24. The van der Waals surface area contributed by atoms with Crippen molar-refractivity contribution in [3.8, 4) is 0 Å². The maximum atomic E-state index is 12.5. The van der Waals surface area contributed by atoms with Crippen molar-refractivity contribution < 1.29 is 13.2 Å². The molecule has 1 atom stereocenters. The molecule has 1 amide bonds. The third-order valence-corrected chi connectivity index (χ3v) is 6.63. The van der Waals surface area contributed by atoms with Gasteiger partial charge in [-0.3, -0.25) is 4.79 Å². The molecule has 1 aliphatic heterocycles. The number of sulfonamides is 1. The van der Waals surface area contributed by atoms with E-state index in [-0.39, 0.29) is 29.3 Å². The molecule has 1 N–H and O–H groups in total. The van der Waals surface area contributed by atoms with Crippen LogP contribution in [0.1, 0.15) is 16.8 Å².